The first-order valence-corrected chi connectivity index (χ1v) is 6.73. The van der Waals surface area contributed by atoms with Crippen molar-refractivity contribution >= 4 is 16.0 Å². The second kappa shape index (κ2) is 5.09. The van der Waals surface area contributed by atoms with Crippen LogP contribution in [0, 0.1) is 0 Å². The van der Waals surface area contributed by atoms with Gasteiger partial charge in [0.2, 0.25) is 10.0 Å². The number of rotatable bonds is 6. The fourth-order valence-corrected chi connectivity index (χ4v) is 2.84. The molecular weight excluding hydrogens is 260 g/mol. The number of aliphatic hydroxyl groups is 1. The van der Waals surface area contributed by atoms with Crippen molar-refractivity contribution in [3.8, 4) is 0 Å². The molecule has 0 atom stereocenters. The van der Waals surface area contributed by atoms with Gasteiger partial charge in [-0.1, -0.05) is 0 Å². The lowest BCUT2D eigenvalue weighted by Crippen LogP contribution is -2.43. The first-order chi connectivity index (χ1) is 8.18. The number of nitrogens with one attached hydrogen (secondary N) is 2. The summed E-state index contributed by atoms with van der Waals surface area (Å²) in [7, 11) is -3.81. The fraction of sp³-hybridized carbons (Fsp3) is 0.500. The van der Waals surface area contributed by atoms with Gasteiger partial charge in [-0.15, -0.1) is 0 Å². The molecule has 0 bridgehead atoms. The van der Waals surface area contributed by atoms with Crippen molar-refractivity contribution in [3.05, 3.63) is 18.0 Å². The number of aromatic carboxylic acids is 1. The van der Waals surface area contributed by atoms with E-state index in [2.05, 4.69) is 9.71 Å². The molecule has 0 aliphatic carbocycles. The summed E-state index contributed by atoms with van der Waals surface area (Å²) in [5.41, 5.74) is -1.01. The van der Waals surface area contributed by atoms with Gasteiger partial charge in [0.05, 0.1) is 0 Å². The number of aliphatic hydroxyl groups excluding tert-OH is 1. The zero-order valence-electron chi connectivity index (χ0n) is 10.1. The Kier molecular flexibility index (Phi) is 4.15. The maximum Gasteiger partial charge on any atom is 0.352 e. The van der Waals surface area contributed by atoms with Crippen molar-refractivity contribution in [2.24, 2.45) is 0 Å². The molecule has 18 heavy (non-hydrogen) atoms. The summed E-state index contributed by atoms with van der Waals surface area (Å²) in [6.45, 7) is 3.11. The minimum Gasteiger partial charge on any atom is -0.477 e. The molecule has 0 radical (unpaired) electrons. The molecule has 0 amide bonds. The van der Waals surface area contributed by atoms with Crippen molar-refractivity contribution in [2.45, 2.75) is 30.7 Å². The lowest BCUT2D eigenvalue weighted by molar-refractivity contribution is 0.0691. The van der Waals surface area contributed by atoms with Crippen molar-refractivity contribution in [3.63, 3.8) is 0 Å². The van der Waals surface area contributed by atoms with Gasteiger partial charge in [-0.2, -0.15) is 0 Å². The summed E-state index contributed by atoms with van der Waals surface area (Å²) < 4.78 is 26.3. The van der Waals surface area contributed by atoms with Gasteiger partial charge in [-0.05, 0) is 26.3 Å². The van der Waals surface area contributed by atoms with Crippen LogP contribution in [0.5, 0.6) is 0 Å². The molecule has 0 saturated heterocycles. The van der Waals surface area contributed by atoms with Crippen LogP contribution in [0.1, 0.15) is 30.8 Å². The van der Waals surface area contributed by atoms with Crippen LogP contribution in [-0.4, -0.2) is 41.7 Å². The second-order valence-corrected chi connectivity index (χ2v) is 6.20. The van der Waals surface area contributed by atoms with Crippen LogP contribution in [0.4, 0.5) is 0 Å². The predicted octanol–water partition coefficient (Wildman–Crippen LogP) is 0.152. The Labute approximate surface area is 105 Å². The number of carboxylic acids is 1. The highest BCUT2D eigenvalue weighted by molar-refractivity contribution is 7.89. The van der Waals surface area contributed by atoms with Crippen molar-refractivity contribution in [1.29, 1.82) is 0 Å². The Morgan fingerprint density at radius 3 is 2.56 bits per heavy atom. The Balaban J connectivity index is 2.96. The molecule has 0 saturated carbocycles. The van der Waals surface area contributed by atoms with E-state index in [1.807, 2.05) is 0 Å². The Hall–Kier alpha value is -1.38. The summed E-state index contributed by atoms with van der Waals surface area (Å²) in [5.74, 6) is -1.23. The number of aromatic nitrogens is 1. The second-order valence-electron chi connectivity index (χ2n) is 4.52. The van der Waals surface area contributed by atoms with Gasteiger partial charge in [0.15, 0.2) is 0 Å². The number of sulfonamides is 1. The third kappa shape index (κ3) is 3.56. The standard InChI is InChI=1S/C10H16N2O5S/c1-10(2,3-4-13)12-18(16,17)7-5-8(9(14)15)11-6-7/h5-6,11-13H,3-4H2,1-2H3,(H,14,15). The van der Waals surface area contributed by atoms with Gasteiger partial charge in [0.1, 0.15) is 10.6 Å². The number of carboxylic acid groups (broad SMARTS) is 1. The van der Waals surface area contributed by atoms with Crippen molar-refractivity contribution in [1.82, 2.24) is 9.71 Å². The van der Waals surface area contributed by atoms with Crippen LogP contribution in [0.2, 0.25) is 0 Å². The topological polar surface area (TPSA) is 119 Å². The van der Waals surface area contributed by atoms with Crippen LogP contribution in [0.3, 0.4) is 0 Å². The molecule has 7 nitrogen and oxygen atoms in total. The van der Waals surface area contributed by atoms with Crippen LogP contribution in [0.25, 0.3) is 0 Å². The Bertz CT molecular complexity index is 532. The Morgan fingerprint density at radius 2 is 2.11 bits per heavy atom. The molecule has 1 aromatic rings. The molecule has 1 aromatic heterocycles. The van der Waals surface area contributed by atoms with E-state index in [9.17, 15) is 13.2 Å². The molecular formula is C10H16N2O5S. The van der Waals surface area contributed by atoms with E-state index >= 15 is 0 Å². The smallest absolute Gasteiger partial charge is 0.352 e. The zero-order chi connectivity index (χ0) is 14.0. The van der Waals surface area contributed by atoms with Crippen molar-refractivity contribution < 1.29 is 23.4 Å². The maximum absolute atomic E-state index is 12.0. The lowest BCUT2D eigenvalue weighted by atomic mass is 10.0. The van der Waals surface area contributed by atoms with E-state index in [1.165, 1.54) is 0 Å². The zero-order valence-corrected chi connectivity index (χ0v) is 10.9. The SMILES string of the molecule is CC(C)(CCO)NS(=O)(=O)c1c[nH]c(C(=O)O)c1. The highest BCUT2D eigenvalue weighted by Gasteiger charge is 2.27. The maximum atomic E-state index is 12.0. The van der Waals surface area contributed by atoms with Gasteiger partial charge in [0, 0.05) is 18.3 Å². The molecule has 1 rings (SSSR count). The largest absolute Gasteiger partial charge is 0.477 e. The molecule has 8 heteroatoms. The molecule has 0 unspecified atom stereocenters. The van der Waals surface area contributed by atoms with Gasteiger partial charge in [0.25, 0.3) is 0 Å². The fourth-order valence-electron chi connectivity index (χ4n) is 1.41. The number of H-pyrrole nitrogens is 1. The first kappa shape index (κ1) is 14.7. The van der Waals surface area contributed by atoms with Crippen LogP contribution in [-0.2, 0) is 10.0 Å². The van der Waals surface area contributed by atoms with E-state index in [4.69, 9.17) is 10.2 Å². The van der Waals surface area contributed by atoms with E-state index in [-0.39, 0.29) is 23.6 Å². The summed E-state index contributed by atoms with van der Waals surface area (Å²) in [6.07, 6.45) is 1.36. The highest BCUT2D eigenvalue weighted by atomic mass is 32.2. The number of hydrogen-bond donors (Lipinski definition) is 4. The van der Waals surface area contributed by atoms with E-state index < -0.39 is 21.5 Å². The number of aromatic amines is 1. The molecule has 1 heterocycles. The normalized spacial score (nSPS) is 12.6. The van der Waals surface area contributed by atoms with Gasteiger partial charge < -0.3 is 15.2 Å². The number of carbonyl (C=O) groups is 1. The van der Waals surface area contributed by atoms with Crippen LogP contribution >= 0.6 is 0 Å². The van der Waals surface area contributed by atoms with Gasteiger partial charge >= 0.3 is 5.97 Å². The van der Waals surface area contributed by atoms with E-state index in [1.54, 1.807) is 13.8 Å². The summed E-state index contributed by atoms with van der Waals surface area (Å²) >= 11 is 0. The first-order valence-electron chi connectivity index (χ1n) is 5.24. The molecule has 4 N–H and O–H groups in total. The number of hydrogen-bond acceptors (Lipinski definition) is 4. The van der Waals surface area contributed by atoms with Crippen LogP contribution in [0.15, 0.2) is 17.2 Å². The molecule has 0 spiro atoms. The van der Waals surface area contributed by atoms with Gasteiger partial charge in [-0.3, -0.25) is 0 Å². The summed E-state index contributed by atoms with van der Waals surface area (Å²) in [5, 5.41) is 17.5. The average Bonchev–Trinajstić information content (AvgIpc) is 2.64. The minimum absolute atomic E-state index is 0.147. The van der Waals surface area contributed by atoms with Crippen LogP contribution < -0.4 is 4.72 Å². The predicted molar refractivity (Wildman–Crippen MR) is 63.9 cm³/mol. The molecule has 102 valence electrons. The quantitative estimate of drug-likeness (QED) is 0.589. The van der Waals surface area contributed by atoms with Gasteiger partial charge in [-0.25, -0.2) is 17.9 Å². The molecule has 0 fully saturated rings. The third-order valence-corrected chi connectivity index (χ3v) is 4.02. The molecule has 0 aliphatic rings. The van der Waals surface area contributed by atoms with Crippen molar-refractivity contribution in [2.75, 3.05) is 6.61 Å². The molecule has 0 aliphatic heterocycles. The lowest BCUT2D eigenvalue weighted by Gasteiger charge is -2.24. The van der Waals surface area contributed by atoms with E-state index in [0.29, 0.717) is 0 Å². The third-order valence-electron chi connectivity index (χ3n) is 2.34. The summed E-state index contributed by atoms with van der Waals surface area (Å²) in [6, 6.07) is 1.04. The minimum atomic E-state index is -3.81. The average molecular weight is 276 g/mol. The summed E-state index contributed by atoms with van der Waals surface area (Å²) in [4.78, 5) is 12.9. The molecule has 0 aromatic carbocycles. The monoisotopic (exact) mass is 276 g/mol. The highest BCUT2D eigenvalue weighted by Crippen LogP contribution is 2.16. The Morgan fingerprint density at radius 1 is 1.50 bits per heavy atom. The van der Waals surface area contributed by atoms with E-state index in [0.717, 1.165) is 12.3 Å².